The van der Waals surface area contributed by atoms with Crippen molar-refractivity contribution in [1.29, 1.82) is 0 Å². The fraction of sp³-hybridized carbons (Fsp3) is 0.435. The number of hydrogen-bond donors (Lipinski definition) is 4. The lowest BCUT2D eigenvalue weighted by Crippen LogP contribution is -2.38. The highest BCUT2D eigenvalue weighted by Gasteiger charge is 2.20. The van der Waals surface area contributed by atoms with Crippen molar-refractivity contribution in [1.82, 2.24) is 39.7 Å². The summed E-state index contributed by atoms with van der Waals surface area (Å²) in [6.45, 7) is 17.5. The molecule has 1 aromatic carbocycles. The Kier molecular flexibility index (Phi) is 20.2. The number of amides is 1. The number of Topliss-reactive ketones (excluding diaryl/α,β-unsaturated/α-hetero) is 1. The number of likely N-dealkylation sites (N-methyl/N-ethyl adjacent to an activating group) is 1. The molecule has 322 valence electrons. The van der Waals surface area contributed by atoms with Crippen LogP contribution in [0.4, 0.5) is 5.69 Å². The number of aromatic amines is 1. The van der Waals surface area contributed by atoms with Crippen molar-refractivity contribution < 1.29 is 19.4 Å². The summed E-state index contributed by atoms with van der Waals surface area (Å²) in [6, 6.07) is 9.31. The van der Waals surface area contributed by atoms with Gasteiger partial charge in [-0.05, 0) is 78.4 Å². The lowest BCUT2D eigenvalue weighted by molar-refractivity contribution is -0.121. The van der Waals surface area contributed by atoms with Gasteiger partial charge in [0.15, 0.2) is 11.6 Å². The van der Waals surface area contributed by atoms with Crippen LogP contribution in [0.3, 0.4) is 0 Å². The van der Waals surface area contributed by atoms with Crippen LogP contribution in [-0.4, -0.2) is 114 Å². The molecule has 4 heterocycles. The smallest absolute Gasteiger partial charge is 0.213 e. The van der Waals surface area contributed by atoms with E-state index in [-0.39, 0.29) is 17.8 Å². The second-order valence-electron chi connectivity index (χ2n) is 15.3. The van der Waals surface area contributed by atoms with Crippen LogP contribution >= 0.6 is 12.6 Å². The van der Waals surface area contributed by atoms with E-state index >= 15 is 0 Å². The molecule has 13 nitrogen and oxygen atoms in total. The van der Waals surface area contributed by atoms with Crippen molar-refractivity contribution in [3.05, 3.63) is 90.7 Å². The van der Waals surface area contributed by atoms with Crippen LogP contribution in [0.1, 0.15) is 67.1 Å². The van der Waals surface area contributed by atoms with E-state index in [0.29, 0.717) is 43.0 Å². The highest BCUT2D eigenvalue weighted by atomic mass is 32.1. The molecule has 14 heteroatoms. The van der Waals surface area contributed by atoms with E-state index in [4.69, 9.17) is 4.74 Å². The highest BCUT2D eigenvalue weighted by molar-refractivity contribution is 7.80. The van der Waals surface area contributed by atoms with Crippen molar-refractivity contribution >= 4 is 47.0 Å². The average Bonchev–Trinajstić information content (AvgIpc) is 3.78. The van der Waals surface area contributed by atoms with E-state index in [0.717, 1.165) is 65.9 Å². The maximum Gasteiger partial charge on any atom is 0.213 e. The summed E-state index contributed by atoms with van der Waals surface area (Å²) in [5.41, 5.74) is 4.78. The Labute approximate surface area is 361 Å². The number of thiol groups is 1. The molecule has 1 amide bonds. The molecule has 1 aliphatic heterocycles. The fourth-order valence-corrected chi connectivity index (χ4v) is 6.50. The number of aliphatic hydroxyl groups is 1. The number of pyridine rings is 1. The van der Waals surface area contributed by atoms with E-state index in [9.17, 15) is 14.7 Å². The van der Waals surface area contributed by atoms with Crippen molar-refractivity contribution in [3.63, 3.8) is 0 Å². The van der Waals surface area contributed by atoms with E-state index < -0.39 is 5.60 Å². The van der Waals surface area contributed by atoms with Gasteiger partial charge in [0.1, 0.15) is 12.0 Å². The summed E-state index contributed by atoms with van der Waals surface area (Å²) in [4.78, 5) is 36.1. The largest absolute Gasteiger partial charge is 0.475 e. The van der Waals surface area contributed by atoms with Crippen LogP contribution in [0.15, 0.2) is 84.9 Å². The number of fused-ring (bicyclic) bond motifs is 1. The van der Waals surface area contributed by atoms with Crippen molar-refractivity contribution in [2.45, 2.75) is 84.8 Å². The molecule has 1 unspecified atom stereocenters. The average molecular weight is 838 g/mol. The predicted octanol–water partition coefficient (Wildman–Crippen LogP) is 7.27. The number of nitrogens with one attached hydrogen (secondary N) is 2. The van der Waals surface area contributed by atoms with Crippen molar-refractivity contribution in [2.75, 3.05) is 45.1 Å². The number of anilines is 1. The molecule has 6 rings (SSSR count). The van der Waals surface area contributed by atoms with Gasteiger partial charge in [-0.15, -0.1) is 12.8 Å². The Bertz CT molecular complexity index is 2090. The van der Waals surface area contributed by atoms with Crippen molar-refractivity contribution in [3.8, 4) is 30.0 Å². The SMILES string of the molecule is C#C.CC.CC(C)Oc1ccc(-c2n[nH]c3ccc(NC=O)cc23)cn1.C[C@@H](S)CCN(C)CC(=O)CN1CC=C(C2C=CC=C(c3ncn(CC(C)(C)O)n3)C=C2)CC1. The summed E-state index contributed by atoms with van der Waals surface area (Å²) < 4.78 is 7.21. The van der Waals surface area contributed by atoms with Gasteiger partial charge in [-0.3, -0.25) is 24.5 Å². The minimum atomic E-state index is -0.837. The summed E-state index contributed by atoms with van der Waals surface area (Å²) in [5.74, 6) is 1.74. The van der Waals surface area contributed by atoms with Gasteiger partial charge in [-0.1, -0.05) is 62.8 Å². The third kappa shape index (κ3) is 16.0. The van der Waals surface area contributed by atoms with Gasteiger partial charge >= 0.3 is 0 Å². The number of ether oxygens (including phenoxy) is 1. The molecule has 2 aliphatic rings. The molecule has 0 bridgehead atoms. The van der Waals surface area contributed by atoms with E-state index in [1.165, 1.54) is 5.57 Å². The van der Waals surface area contributed by atoms with E-state index in [2.05, 4.69) is 103 Å². The van der Waals surface area contributed by atoms with Crippen LogP contribution in [-0.2, 0) is 16.1 Å². The molecule has 0 radical (unpaired) electrons. The summed E-state index contributed by atoms with van der Waals surface area (Å²) in [6.07, 6.45) is 26.9. The van der Waals surface area contributed by atoms with Crippen LogP contribution in [0.25, 0.3) is 27.7 Å². The third-order valence-corrected chi connectivity index (χ3v) is 9.37. The zero-order valence-corrected chi connectivity index (χ0v) is 37.3. The zero-order chi connectivity index (χ0) is 44.2. The summed E-state index contributed by atoms with van der Waals surface area (Å²) in [5, 5.41) is 25.7. The van der Waals surface area contributed by atoms with E-state index in [1.54, 1.807) is 31.1 Å². The normalized spacial score (nSPS) is 15.6. The maximum absolute atomic E-state index is 12.5. The Hall–Kier alpha value is -5.33. The molecule has 3 N–H and O–H groups in total. The number of H-pyrrole nitrogens is 1. The zero-order valence-electron chi connectivity index (χ0n) is 36.4. The number of hydrogen-bond acceptors (Lipinski definition) is 11. The van der Waals surface area contributed by atoms with Crippen LogP contribution in [0.5, 0.6) is 5.88 Å². The number of allylic oxidation sites excluding steroid dienone is 6. The number of nitrogens with zero attached hydrogens (tertiary/aromatic N) is 7. The minimum absolute atomic E-state index is 0.0848. The lowest BCUT2D eigenvalue weighted by Gasteiger charge is -2.28. The number of carbonyl (C=O) groups excluding carboxylic acids is 2. The first-order chi connectivity index (χ1) is 28.8. The van der Waals surface area contributed by atoms with Gasteiger partial charge in [-0.25, -0.2) is 14.6 Å². The molecule has 1 aliphatic carbocycles. The number of aromatic nitrogens is 6. The van der Waals surface area contributed by atoms with Gasteiger partial charge < -0.3 is 15.2 Å². The van der Waals surface area contributed by atoms with Crippen molar-refractivity contribution in [2.24, 2.45) is 5.92 Å². The second kappa shape index (κ2) is 24.7. The monoisotopic (exact) mass is 837 g/mol. The second-order valence-corrected chi connectivity index (χ2v) is 16.2. The highest BCUT2D eigenvalue weighted by Crippen LogP contribution is 2.29. The molecule has 60 heavy (non-hydrogen) atoms. The predicted molar refractivity (Wildman–Crippen MR) is 247 cm³/mol. The van der Waals surface area contributed by atoms with Gasteiger partial charge in [0.25, 0.3) is 0 Å². The Morgan fingerprint density at radius 2 is 1.93 bits per heavy atom. The van der Waals surface area contributed by atoms with Crippen LogP contribution in [0, 0.1) is 18.8 Å². The number of rotatable bonds is 16. The number of carbonyl (C=O) groups is 2. The fourth-order valence-electron chi connectivity index (χ4n) is 6.39. The molecular weight excluding hydrogens is 775 g/mol. The van der Waals surface area contributed by atoms with Gasteiger partial charge in [0.05, 0.1) is 36.9 Å². The summed E-state index contributed by atoms with van der Waals surface area (Å²) >= 11 is 4.41. The maximum atomic E-state index is 12.5. The standard InChI is InChI=1S/C26H39N5O2S.C16H16N4O2.C2H6.C2H2/c1-20(34)10-13-29(4)16-24(32)17-30-14-11-22(12-15-30)21-6-5-7-23(9-8-21)25-27-19-31(28-25)18-26(2,3)33;1-10(2)22-15-6-3-11(8-17-15)16-13-7-12(18-9-21)4-5-14(13)19-20-16;2*1-2/h5-9,11,19-21,33-34H,10,12-18H2,1-4H3;3-10H,1-2H3,(H,18,21)(H,19,20);1-2H3;1-2H/t20-,21?;;;/m1.../s1. The molecule has 0 fully saturated rings. The Morgan fingerprint density at radius 3 is 2.57 bits per heavy atom. The van der Waals surface area contributed by atoms with Crippen LogP contribution in [0.2, 0.25) is 0 Å². The number of terminal acetylenes is 1. The first kappa shape index (κ1) is 49.0. The first-order valence-electron chi connectivity index (χ1n) is 20.4. The Morgan fingerprint density at radius 1 is 1.17 bits per heavy atom. The van der Waals surface area contributed by atoms with E-state index in [1.807, 2.05) is 71.2 Å². The topological polar surface area (TPSA) is 154 Å². The molecule has 4 aromatic rings. The number of benzene rings is 1. The summed E-state index contributed by atoms with van der Waals surface area (Å²) in [7, 11) is 2.00. The van der Waals surface area contributed by atoms with Crippen LogP contribution < -0.4 is 10.1 Å². The number of ketones is 1. The quantitative estimate of drug-likeness (QED) is 0.0392. The first-order valence-corrected chi connectivity index (χ1v) is 20.9. The van der Waals surface area contributed by atoms with Gasteiger partial charge in [0, 0.05) is 58.7 Å². The molecular formula is C46H63N9O4S. The minimum Gasteiger partial charge on any atom is -0.475 e. The Balaban J connectivity index is 0.000000318. The lowest BCUT2D eigenvalue weighted by atomic mass is 9.92. The molecule has 2 atom stereocenters. The third-order valence-electron chi connectivity index (χ3n) is 9.11. The molecule has 3 aromatic heterocycles. The van der Waals surface area contributed by atoms with Gasteiger partial charge in [-0.2, -0.15) is 22.8 Å². The molecule has 0 saturated heterocycles. The molecule has 0 spiro atoms. The molecule has 0 saturated carbocycles. The van der Waals surface area contributed by atoms with Gasteiger partial charge in [0.2, 0.25) is 12.3 Å².